The molecule has 1 saturated heterocycles. The molecular weight excluding hydrogens is 500 g/mol. The summed E-state index contributed by atoms with van der Waals surface area (Å²) in [5.41, 5.74) is 3.23. The van der Waals surface area contributed by atoms with Gasteiger partial charge in [-0.15, -0.1) is 11.3 Å². The van der Waals surface area contributed by atoms with Gasteiger partial charge in [0, 0.05) is 24.4 Å². The van der Waals surface area contributed by atoms with E-state index in [0.29, 0.717) is 25.3 Å². The van der Waals surface area contributed by atoms with E-state index in [-0.39, 0.29) is 17.5 Å². The first-order valence-electron chi connectivity index (χ1n) is 13.1. The predicted octanol–water partition coefficient (Wildman–Crippen LogP) is 5.95. The number of carbonyl (C=O) groups excluding carboxylic acids is 2. The van der Waals surface area contributed by atoms with Crippen LogP contribution in [-0.2, 0) is 24.3 Å². The van der Waals surface area contributed by atoms with Crippen LogP contribution in [-0.4, -0.2) is 48.9 Å². The minimum atomic E-state index is -0.966. The van der Waals surface area contributed by atoms with Gasteiger partial charge in [-0.2, -0.15) is 0 Å². The Morgan fingerprint density at radius 1 is 1.03 bits per heavy atom. The van der Waals surface area contributed by atoms with Crippen molar-refractivity contribution in [2.24, 2.45) is 0 Å². The summed E-state index contributed by atoms with van der Waals surface area (Å²) in [4.78, 5) is 46.9. The number of carbonyl (C=O) groups is 3. The van der Waals surface area contributed by atoms with Gasteiger partial charge in [0.1, 0.15) is 11.5 Å². The summed E-state index contributed by atoms with van der Waals surface area (Å²) >= 11 is 1.62. The van der Waals surface area contributed by atoms with Gasteiger partial charge in [-0.05, 0) is 60.5 Å². The van der Waals surface area contributed by atoms with Crippen LogP contribution in [0, 0.1) is 6.92 Å². The van der Waals surface area contributed by atoms with Crippen molar-refractivity contribution in [2.45, 2.75) is 66.0 Å². The second-order valence-corrected chi connectivity index (χ2v) is 10.7. The van der Waals surface area contributed by atoms with Crippen molar-refractivity contribution in [1.82, 2.24) is 19.4 Å². The largest absolute Gasteiger partial charge is 0.478 e. The number of hydrogen-bond donors (Lipinski definition) is 1. The van der Waals surface area contributed by atoms with Crippen LogP contribution >= 0.6 is 11.3 Å². The lowest BCUT2D eigenvalue weighted by Gasteiger charge is -2.17. The SMILES string of the molecule is CCCCc1ncc(C=C2C(=O)N(CCCC)C(=O)N2Cc2csc(C)c2)n1Cc1ccc(C(=O)O)cc1. The second kappa shape index (κ2) is 12.2. The van der Waals surface area contributed by atoms with Crippen LogP contribution < -0.4 is 0 Å². The highest BCUT2D eigenvalue weighted by Crippen LogP contribution is 2.28. The number of unbranched alkanes of at least 4 members (excludes halogenated alkanes) is 2. The number of nitrogens with zero attached hydrogens (tertiary/aromatic N) is 4. The zero-order chi connectivity index (χ0) is 27.2. The van der Waals surface area contributed by atoms with E-state index in [1.54, 1.807) is 52.8 Å². The number of benzene rings is 1. The molecule has 2 aromatic heterocycles. The highest BCUT2D eigenvalue weighted by Gasteiger charge is 2.40. The quantitative estimate of drug-likeness (QED) is 0.229. The number of carboxylic acid groups (broad SMARTS) is 1. The molecule has 1 N–H and O–H groups in total. The Morgan fingerprint density at radius 3 is 2.39 bits per heavy atom. The topological polar surface area (TPSA) is 95.7 Å². The lowest BCUT2D eigenvalue weighted by Crippen LogP contribution is -2.33. The molecule has 0 atom stereocenters. The van der Waals surface area contributed by atoms with Crippen LogP contribution in [0.15, 0.2) is 47.6 Å². The van der Waals surface area contributed by atoms with Crippen molar-refractivity contribution in [3.8, 4) is 0 Å². The molecule has 200 valence electrons. The van der Waals surface area contributed by atoms with Crippen LogP contribution in [0.5, 0.6) is 0 Å². The van der Waals surface area contributed by atoms with Crippen molar-refractivity contribution in [2.75, 3.05) is 6.54 Å². The number of imide groups is 1. The summed E-state index contributed by atoms with van der Waals surface area (Å²) in [7, 11) is 0. The summed E-state index contributed by atoms with van der Waals surface area (Å²) in [5.74, 6) is -0.365. The summed E-state index contributed by atoms with van der Waals surface area (Å²) in [6, 6.07) is 8.53. The predicted molar refractivity (Wildman–Crippen MR) is 148 cm³/mol. The van der Waals surface area contributed by atoms with Crippen LogP contribution in [0.2, 0.25) is 0 Å². The maximum atomic E-state index is 13.5. The molecular formula is C29H34N4O4S. The maximum Gasteiger partial charge on any atom is 0.335 e. The number of carboxylic acids is 1. The fourth-order valence-electron chi connectivity index (χ4n) is 4.50. The first-order valence-corrected chi connectivity index (χ1v) is 14.0. The van der Waals surface area contributed by atoms with E-state index in [0.717, 1.165) is 59.6 Å². The van der Waals surface area contributed by atoms with Crippen LogP contribution in [0.4, 0.5) is 4.79 Å². The van der Waals surface area contributed by atoms with Gasteiger partial charge in [0.2, 0.25) is 0 Å². The van der Waals surface area contributed by atoms with Crippen molar-refractivity contribution in [3.63, 3.8) is 0 Å². The molecule has 0 saturated carbocycles. The van der Waals surface area contributed by atoms with Crippen molar-refractivity contribution < 1.29 is 19.5 Å². The third-order valence-corrected chi connectivity index (χ3v) is 7.54. The molecule has 8 nitrogen and oxygen atoms in total. The Balaban J connectivity index is 1.72. The minimum absolute atomic E-state index is 0.231. The molecule has 1 aliphatic heterocycles. The molecule has 3 heterocycles. The zero-order valence-electron chi connectivity index (χ0n) is 22.1. The minimum Gasteiger partial charge on any atom is -0.478 e. The molecule has 1 aromatic carbocycles. The van der Waals surface area contributed by atoms with E-state index in [1.807, 2.05) is 25.3 Å². The van der Waals surface area contributed by atoms with Gasteiger partial charge in [-0.3, -0.25) is 14.6 Å². The Kier molecular flexibility index (Phi) is 8.78. The van der Waals surface area contributed by atoms with Crippen LogP contribution in [0.1, 0.15) is 77.4 Å². The molecule has 38 heavy (non-hydrogen) atoms. The number of imidazole rings is 1. The highest BCUT2D eigenvalue weighted by atomic mass is 32.1. The zero-order valence-corrected chi connectivity index (χ0v) is 23.0. The first kappa shape index (κ1) is 27.3. The molecule has 3 aromatic rings. The standard InChI is InChI=1S/C29H34N4O4S/c1-4-6-8-26-30-16-24(32(26)17-21-9-11-23(12-10-21)28(35)36)15-25-27(34)31(13-7-5-2)29(37)33(25)18-22-14-20(3)38-19-22/h9-12,14-16,19H,4-8,13,17-18H2,1-3H3,(H,35,36). The average molecular weight is 535 g/mol. The molecule has 0 aliphatic carbocycles. The van der Waals surface area contributed by atoms with E-state index in [1.165, 1.54) is 4.90 Å². The van der Waals surface area contributed by atoms with E-state index in [2.05, 4.69) is 16.5 Å². The van der Waals surface area contributed by atoms with E-state index in [4.69, 9.17) is 0 Å². The molecule has 1 fully saturated rings. The van der Waals surface area contributed by atoms with E-state index >= 15 is 0 Å². The van der Waals surface area contributed by atoms with Gasteiger partial charge in [-0.1, -0.05) is 38.8 Å². The van der Waals surface area contributed by atoms with Gasteiger partial charge < -0.3 is 9.67 Å². The number of thiophene rings is 1. The first-order chi connectivity index (χ1) is 18.3. The fraction of sp³-hybridized carbons (Fsp3) is 0.379. The normalized spacial score (nSPS) is 14.8. The van der Waals surface area contributed by atoms with Gasteiger partial charge in [0.15, 0.2) is 0 Å². The monoisotopic (exact) mass is 534 g/mol. The Bertz CT molecular complexity index is 1340. The number of hydrogen-bond acceptors (Lipinski definition) is 5. The highest BCUT2D eigenvalue weighted by molar-refractivity contribution is 7.10. The molecule has 0 spiro atoms. The van der Waals surface area contributed by atoms with Gasteiger partial charge in [-0.25, -0.2) is 14.6 Å². The van der Waals surface area contributed by atoms with Crippen molar-refractivity contribution in [1.29, 1.82) is 0 Å². The smallest absolute Gasteiger partial charge is 0.335 e. The van der Waals surface area contributed by atoms with Gasteiger partial charge >= 0.3 is 12.0 Å². The van der Waals surface area contributed by atoms with Crippen LogP contribution in [0.25, 0.3) is 6.08 Å². The van der Waals surface area contributed by atoms with Crippen molar-refractivity contribution >= 4 is 35.3 Å². The molecule has 1 aliphatic rings. The van der Waals surface area contributed by atoms with Gasteiger partial charge in [0.05, 0.1) is 24.0 Å². The second-order valence-electron chi connectivity index (χ2n) is 9.57. The van der Waals surface area contributed by atoms with Crippen LogP contribution in [0.3, 0.4) is 0 Å². The van der Waals surface area contributed by atoms with Gasteiger partial charge in [0.25, 0.3) is 5.91 Å². The Morgan fingerprint density at radius 2 is 1.76 bits per heavy atom. The lowest BCUT2D eigenvalue weighted by atomic mass is 10.1. The molecule has 4 rings (SSSR count). The van der Waals surface area contributed by atoms with Crippen molar-refractivity contribution in [3.05, 3.63) is 80.7 Å². The molecule has 0 unspecified atom stereocenters. The van der Waals surface area contributed by atoms with E-state index in [9.17, 15) is 19.5 Å². The number of aromatic nitrogens is 2. The summed E-state index contributed by atoms with van der Waals surface area (Å²) in [5, 5.41) is 11.3. The number of amides is 3. The van der Waals surface area contributed by atoms with E-state index < -0.39 is 5.97 Å². The number of aryl methyl sites for hydroxylation is 2. The lowest BCUT2D eigenvalue weighted by molar-refractivity contribution is -0.123. The maximum absolute atomic E-state index is 13.5. The summed E-state index contributed by atoms with van der Waals surface area (Å²) in [6.07, 6.45) is 7.93. The average Bonchev–Trinajstić information content (AvgIpc) is 3.55. The molecule has 3 amide bonds. The Hall–Kier alpha value is -3.72. The summed E-state index contributed by atoms with van der Waals surface area (Å²) < 4.78 is 2.05. The molecule has 0 bridgehead atoms. The number of urea groups is 1. The third-order valence-electron chi connectivity index (χ3n) is 6.63. The molecule has 0 radical (unpaired) electrons. The Labute approximate surface area is 227 Å². The molecule has 9 heteroatoms. The number of aromatic carboxylic acids is 1. The number of rotatable bonds is 12. The third kappa shape index (κ3) is 6.05. The fourth-order valence-corrected chi connectivity index (χ4v) is 5.19. The summed E-state index contributed by atoms with van der Waals surface area (Å²) in [6.45, 7) is 7.38.